The number of hydrogen-bond donors (Lipinski definition) is 1. The number of aliphatic hydroxyl groups is 1. The fourth-order valence-corrected chi connectivity index (χ4v) is 6.60. The number of methoxy groups -OCH3 is 2. The Labute approximate surface area is 256 Å². The second-order valence-corrected chi connectivity index (χ2v) is 11.2. The van der Waals surface area contributed by atoms with Crippen molar-refractivity contribution in [1.82, 2.24) is 0 Å². The smallest absolute Gasteiger partial charge is 0.401 e. The maximum atomic E-state index is 10.1. The topological polar surface area (TPSA) is 57.2 Å². The molecule has 1 fully saturated rings. The van der Waals surface area contributed by atoms with E-state index in [2.05, 4.69) is 68.5 Å². The summed E-state index contributed by atoms with van der Waals surface area (Å²) in [6.45, 7) is 4.11. The normalized spacial score (nSPS) is 17.9. The SMILES string of the molecule is COC(c1ccccc1)(c1ccccc1)[C@@H]1OB(C(C=C(C)C)CCO)O[C@H]1C(OC)(c1ccccc1)c1ccccc1. The van der Waals surface area contributed by atoms with Gasteiger partial charge >= 0.3 is 7.12 Å². The lowest BCUT2D eigenvalue weighted by atomic mass is 9.69. The molecule has 0 bridgehead atoms. The average Bonchev–Trinajstić information content (AvgIpc) is 3.50. The van der Waals surface area contributed by atoms with Crippen LogP contribution in [0.3, 0.4) is 0 Å². The molecule has 0 aliphatic carbocycles. The maximum Gasteiger partial charge on any atom is 0.465 e. The summed E-state index contributed by atoms with van der Waals surface area (Å²) < 4.78 is 27.6. The summed E-state index contributed by atoms with van der Waals surface area (Å²) in [6, 6.07) is 40.7. The van der Waals surface area contributed by atoms with Crippen LogP contribution >= 0.6 is 0 Å². The van der Waals surface area contributed by atoms with Gasteiger partial charge in [0.05, 0.1) is 0 Å². The van der Waals surface area contributed by atoms with Crippen LogP contribution in [0.1, 0.15) is 42.5 Å². The Kier molecular flexibility index (Phi) is 9.96. The molecule has 43 heavy (non-hydrogen) atoms. The van der Waals surface area contributed by atoms with Crippen molar-refractivity contribution in [3.63, 3.8) is 0 Å². The van der Waals surface area contributed by atoms with E-state index in [0.717, 1.165) is 27.8 Å². The Morgan fingerprint density at radius 3 is 1.26 bits per heavy atom. The number of allylic oxidation sites excluding steroid dienone is 2. The van der Waals surface area contributed by atoms with E-state index in [0.29, 0.717) is 6.42 Å². The number of ether oxygens (including phenoxy) is 2. The molecule has 1 saturated heterocycles. The largest absolute Gasteiger partial charge is 0.465 e. The van der Waals surface area contributed by atoms with E-state index in [1.54, 1.807) is 14.2 Å². The van der Waals surface area contributed by atoms with Gasteiger partial charge < -0.3 is 23.9 Å². The third-order valence-electron chi connectivity index (χ3n) is 8.45. The average molecular weight is 577 g/mol. The van der Waals surface area contributed by atoms with Crippen LogP contribution in [0.25, 0.3) is 0 Å². The Bertz CT molecular complexity index is 1260. The summed E-state index contributed by atoms with van der Waals surface area (Å²) in [7, 11) is 2.80. The summed E-state index contributed by atoms with van der Waals surface area (Å²) in [5.74, 6) is -0.190. The first-order valence-corrected chi connectivity index (χ1v) is 14.9. The van der Waals surface area contributed by atoms with Gasteiger partial charge in [0.1, 0.15) is 23.4 Å². The molecule has 1 N–H and O–H groups in total. The monoisotopic (exact) mass is 576 g/mol. The van der Waals surface area contributed by atoms with Crippen molar-refractivity contribution in [3.05, 3.63) is 155 Å². The molecule has 222 valence electrons. The maximum absolute atomic E-state index is 10.1. The second-order valence-electron chi connectivity index (χ2n) is 11.2. The van der Waals surface area contributed by atoms with Gasteiger partial charge in [0.2, 0.25) is 0 Å². The molecular formula is C37H41BO5. The molecule has 1 heterocycles. The van der Waals surface area contributed by atoms with Crippen LogP contribution in [0.2, 0.25) is 5.82 Å². The molecular weight excluding hydrogens is 535 g/mol. The first kappa shape index (κ1) is 30.9. The van der Waals surface area contributed by atoms with E-state index in [-0.39, 0.29) is 12.4 Å². The molecule has 1 unspecified atom stereocenters. The van der Waals surface area contributed by atoms with Crippen molar-refractivity contribution in [3.8, 4) is 0 Å². The molecule has 0 aromatic heterocycles. The lowest BCUT2D eigenvalue weighted by Gasteiger charge is -2.47. The minimum absolute atomic E-state index is 0.00653. The van der Waals surface area contributed by atoms with Crippen molar-refractivity contribution in [2.24, 2.45) is 0 Å². The molecule has 1 aliphatic heterocycles. The molecule has 0 radical (unpaired) electrons. The molecule has 3 atom stereocenters. The van der Waals surface area contributed by atoms with Gasteiger partial charge in [-0.25, -0.2) is 0 Å². The zero-order valence-electron chi connectivity index (χ0n) is 25.4. The zero-order valence-corrected chi connectivity index (χ0v) is 25.4. The molecule has 0 spiro atoms. The highest BCUT2D eigenvalue weighted by Crippen LogP contribution is 2.51. The molecule has 1 aliphatic rings. The molecule has 5 rings (SSSR count). The third-order valence-corrected chi connectivity index (χ3v) is 8.45. The van der Waals surface area contributed by atoms with Gasteiger partial charge in [0.15, 0.2) is 0 Å². The highest BCUT2D eigenvalue weighted by atomic mass is 16.7. The fourth-order valence-electron chi connectivity index (χ4n) is 6.60. The summed E-state index contributed by atoms with van der Waals surface area (Å²) in [4.78, 5) is 0. The first-order chi connectivity index (χ1) is 21.0. The second kappa shape index (κ2) is 13.9. The number of rotatable bonds is 12. The predicted molar refractivity (Wildman–Crippen MR) is 172 cm³/mol. The Morgan fingerprint density at radius 1 is 0.674 bits per heavy atom. The number of aliphatic hydroxyl groups excluding tert-OH is 1. The number of benzene rings is 4. The predicted octanol–water partition coefficient (Wildman–Crippen LogP) is 7.16. The standard InChI is InChI=1S/C37H41BO5/c1-28(2)27-33(25-26-39)38-42-34(36(40-3,29-17-9-5-10-18-29)30-19-11-6-12-20-30)35(43-38)37(41-4,31-21-13-7-14-22-31)32-23-15-8-16-24-32/h5-24,27,33-35,39H,25-26H2,1-4H3/t33?,34-,35-/m1/s1. The summed E-state index contributed by atoms with van der Waals surface area (Å²) in [5.41, 5.74) is 2.75. The zero-order chi connectivity index (χ0) is 30.3. The summed E-state index contributed by atoms with van der Waals surface area (Å²) >= 11 is 0. The van der Waals surface area contributed by atoms with Crippen molar-refractivity contribution in [2.75, 3.05) is 20.8 Å². The lowest BCUT2D eigenvalue weighted by Crippen LogP contribution is -2.56. The van der Waals surface area contributed by atoms with Crippen LogP contribution in [0.4, 0.5) is 0 Å². The molecule has 0 amide bonds. The van der Waals surface area contributed by atoms with Crippen LogP contribution in [-0.2, 0) is 30.0 Å². The highest BCUT2D eigenvalue weighted by Gasteiger charge is 2.62. The summed E-state index contributed by atoms with van der Waals surface area (Å²) in [5, 5.41) is 10.1. The quantitative estimate of drug-likeness (QED) is 0.143. The van der Waals surface area contributed by atoms with Gasteiger partial charge in [-0.2, -0.15) is 0 Å². The van der Waals surface area contributed by atoms with Gasteiger partial charge in [-0.05, 0) is 42.5 Å². The van der Waals surface area contributed by atoms with Crippen molar-refractivity contribution >= 4 is 7.12 Å². The Balaban J connectivity index is 1.81. The third kappa shape index (κ3) is 5.86. The highest BCUT2D eigenvalue weighted by molar-refractivity contribution is 6.48. The van der Waals surface area contributed by atoms with E-state index in [1.165, 1.54) is 0 Å². The minimum atomic E-state index is -1.07. The van der Waals surface area contributed by atoms with Crippen molar-refractivity contribution in [2.45, 2.75) is 49.5 Å². The van der Waals surface area contributed by atoms with E-state index in [4.69, 9.17) is 18.8 Å². The summed E-state index contributed by atoms with van der Waals surface area (Å²) in [6.07, 6.45) is 1.28. The molecule has 0 saturated carbocycles. The Hall–Kier alpha value is -3.52. The molecule has 4 aromatic carbocycles. The fraction of sp³-hybridized carbons (Fsp3) is 0.297. The van der Waals surface area contributed by atoms with Gasteiger partial charge in [-0.1, -0.05) is 133 Å². The van der Waals surface area contributed by atoms with Gasteiger partial charge in [0.25, 0.3) is 0 Å². The van der Waals surface area contributed by atoms with E-state index < -0.39 is 30.5 Å². The van der Waals surface area contributed by atoms with Crippen LogP contribution in [0.5, 0.6) is 0 Å². The van der Waals surface area contributed by atoms with Crippen molar-refractivity contribution in [1.29, 1.82) is 0 Å². The van der Waals surface area contributed by atoms with Crippen molar-refractivity contribution < 1.29 is 23.9 Å². The Morgan fingerprint density at radius 2 is 1.00 bits per heavy atom. The van der Waals surface area contributed by atoms with Gasteiger partial charge in [0, 0.05) is 26.6 Å². The molecule has 4 aromatic rings. The van der Waals surface area contributed by atoms with Crippen LogP contribution < -0.4 is 0 Å². The first-order valence-electron chi connectivity index (χ1n) is 14.9. The lowest BCUT2D eigenvalue weighted by molar-refractivity contribution is -0.136. The van der Waals surface area contributed by atoms with Crippen LogP contribution in [-0.4, -0.2) is 45.3 Å². The van der Waals surface area contributed by atoms with Gasteiger partial charge in [-0.3, -0.25) is 0 Å². The molecule has 6 heteroatoms. The minimum Gasteiger partial charge on any atom is -0.401 e. The van der Waals surface area contributed by atoms with E-state index in [1.807, 2.05) is 72.8 Å². The molecule has 5 nitrogen and oxygen atoms in total. The van der Waals surface area contributed by atoms with E-state index >= 15 is 0 Å². The number of hydrogen-bond acceptors (Lipinski definition) is 5. The van der Waals surface area contributed by atoms with E-state index in [9.17, 15) is 5.11 Å². The van der Waals surface area contributed by atoms with Crippen LogP contribution in [0.15, 0.2) is 133 Å². The van der Waals surface area contributed by atoms with Crippen LogP contribution in [0, 0.1) is 0 Å². The van der Waals surface area contributed by atoms with Gasteiger partial charge in [-0.15, -0.1) is 0 Å².